The molecule has 2 atom stereocenters. The molecule has 140 valence electrons. The quantitative estimate of drug-likeness (QED) is 0.813. The molecule has 1 aliphatic heterocycles. The first-order chi connectivity index (χ1) is 12.2. The molecule has 6 heteroatoms. The molecular formula is C20H25ClFN3O. The average Bonchev–Trinajstić information content (AvgIpc) is 3.04. The van der Waals surface area contributed by atoms with Gasteiger partial charge in [0.1, 0.15) is 5.82 Å². The van der Waals surface area contributed by atoms with Gasteiger partial charge < -0.3 is 11.1 Å². The van der Waals surface area contributed by atoms with Gasteiger partial charge in [-0.15, -0.1) is 12.4 Å². The summed E-state index contributed by atoms with van der Waals surface area (Å²) in [5.41, 5.74) is 7.71. The molecule has 0 aliphatic carbocycles. The Bertz CT molecular complexity index is 713. The van der Waals surface area contributed by atoms with Gasteiger partial charge >= 0.3 is 0 Å². The average molecular weight is 378 g/mol. The van der Waals surface area contributed by atoms with Crippen LogP contribution in [0, 0.1) is 11.7 Å². The summed E-state index contributed by atoms with van der Waals surface area (Å²) >= 11 is 0. The van der Waals surface area contributed by atoms with Crippen molar-refractivity contribution in [2.24, 2.45) is 11.7 Å². The first-order valence-electron chi connectivity index (χ1n) is 8.65. The van der Waals surface area contributed by atoms with E-state index in [1.54, 1.807) is 18.2 Å². The SMILES string of the molecule is Cl.NC[C@@H]1CN(CC(=O)NCc2ccccc2F)C[C@H]1c1ccccc1. The van der Waals surface area contributed by atoms with Gasteiger partial charge in [0.15, 0.2) is 0 Å². The Morgan fingerprint density at radius 3 is 2.50 bits per heavy atom. The summed E-state index contributed by atoms with van der Waals surface area (Å²) in [4.78, 5) is 14.3. The van der Waals surface area contributed by atoms with Crippen LogP contribution < -0.4 is 11.1 Å². The summed E-state index contributed by atoms with van der Waals surface area (Å²) in [5, 5.41) is 2.80. The monoisotopic (exact) mass is 377 g/mol. The number of hydrogen-bond acceptors (Lipinski definition) is 3. The third-order valence-corrected chi connectivity index (χ3v) is 4.85. The lowest BCUT2D eigenvalue weighted by atomic mass is 9.89. The Labute approximate surface area is 160 Å². The molecule has 2 aromatic rings. The molecule has 0 aromatic heterocycles. The molecular weight excluding hydrogens is 353 g/mol. The molecule has 0 radical (unpaired) electrons. The second-order valence-electron chi connectivity index (χ2n) is 6.58. The van der Waals surface area contributed by atoms with E-state index in [0.29, 0.717) is 30.5 Å². The third-order valence-electron chi connectivity index (χ3n) is 4.85. The summed E-state index contributed by atoms with van der Waals surface area (Å²) in [5.74, 6) is 0.316. The van der Waals surface area contributed by atoms with E-state index in [4.69, 9.17) is 5.73 Å². The number of hydrogen-bond donors (Lipinski definition) is 2. The molecule has 0 unspecified atom stereocenters. The van der Waals surface area contributed by atoms with Crippen LogP contribution in [0.1, 0.15) is 17.0 Å². The molecule has 1 aliphatic rings. The Morgan fingerprint density at radius 1 is 1.12 bits per heavy atom. The van der Waals surface area contributed by atoms with Crippen molar-refractivity contribution >= 4 is 18.3 Å². The number of rotatable bonds is 6. The van der Waals surface area contributed by atoms with Gasteiger partial charge in [-0.3, -0.25) is 9.69 Å². The van der Waals surface area contributed by atoms with Crippen molar-refractivity contribution in [2.45, 2.75) is 12.5 Å². The van der Waals surface area contributed by atoms with Crippen LogP contribution in [0.15, 0.2) is 54.6 Å². The largest absolute Gasteiger partial charge is 0.351 e. The normalized spacial score (nSPS) is 19.8. The standard InChI is InChI=1S/C20H24FN3O.ClH/c21-19-9-5-4-8-16(19)11-23-20(25)14-24-12-17(10-22)18(13-24)15-6-2-1-3-7-15;/h1-9,17-18H,10-14,22H2,(H,23,25);1H/t17-,18+;/m1./s1. The van der Waals surface area contributed by atoms with E-state index in [2.05, 4.69) is 22.3 Å². The van der Waals surface area contributed by atoms with Gasteiger partial charge in [0, 0.05) is 31.1 Å². The lowest BCUT2D eigenvalue weighted by molar-refractivity contribution is -0.122. The zero-order valence-electron chi connectivity index (χ0n) is 14.6. The number of carbonyl (C=O) groups excluding carboxylic acids is 1. The molecule has 3 rings (SSSR count). The number of nitrogens with two attached hydrogens (primary N) is 1. The smallest absolute Gasteiger partial charge is 0.234 e. The molecule has 4 nitrogen and oxygen atoms in total. The van der Waals surface area contributed by atoms with Crippen LogP contribution in [0.4, 0.5) is 4.39 Å². The van der Waals surface area contributed by atoms with E-state index in [1.165, 1.54) is 11.6 Å². The minimum Gasteiger partial charge on any atom is -0.351 e. The van der Waals surface area contributed by atoms with E-state index in [9.17, 15) is 9.18 Å². The van der Waals surface area contributed by atoms with E-state index in [0.717, 1.165) is 13.1 Å². The number of benzene rings is 2. The molecule has 1 saturated heterocycles. The van der Waals surface area contributed by atoms with Crippen molar-refractivity contribution in [3.63, 3.8) is 0 Å². The van der Waals surface area contributed by atoms with Gasteiger partial charge in [-0.2, -0.15) is 0 Å². The van der Waals surface area contributed by atoms with Crippen LogP contribution in [0.3, 0.4) is 0 Å². The number of halogens is 2. The zero-order valence-corrected chi connectivity index (χ0v) is 15.4. The number of nitrogens with one attached hydrogen (secondary N) is 1. The van der Waals surface area contributed by atoms with E-state index >= 15 is 0 Å². The molecule has 26 heavy (non-hydrogen) atoms. The topological polar surface area (TPSA) is 58.4 Å². The van der Waals surface area contributed by atoms with Crippen LogP contribution in [-0.4, -0.2) is 37.0 Å². The number of amides is 1. The Morgan fingerprint density at radius 2 is 1.81 bits per heavy atom. The van der Waals surface area contributed by atoms with Crippen LogP contribution in [0.2, 0.25) is 0 Å². The summed E-state index contributed by atoms with van der Waals surface area (Å²) in [6, 6.07) is 16.8. The summed E-state index contributed by atoms with van der Waals surface area (Å²) < 4.78 is 13.6. The second kappa shape index (κ2) is 9.67. The fourth-order valence-electron chi connectivity index (χ4n) is 3.50. The van der Waals surface area contributed by atoms with Crippen molar-refractivity contribution in [3.05, 3.63) is 71.5 Å². The predicted molar refractivity (Wildman–Crippen MR) is 104 cm³/mol. The van der Waals surface area contributed by atoms with Crippen LogP contribution in [-0.2, 0) is 11.3 Å². The number of likely N-dealkylation sites (tertiary alicyclic amines) is 1. The third kappa shape index (κ3) is 5.04. The predicted octanol–water partition coefficient (Wildman–Crippen LogP) is 2.54. The van der Waals surface area contributed by atoms with Crippen molar-refractivity contribution in [1.29, 1.82) is 0 Å². The maximum Gasteiger partial charge on any atom is 0.234 e. The van der Waals surface area contributed by atoms with E-state index in [1.807, 2.05) is 18.2 Å². The lowest BCUT2D eigenvalue weighted by Gasteiger charge is -2.16. The van der Waals surface area contributed by atoms with Crippen LogP contribution in [0.25, 0.3) is 0 Å². The Kier molecular flexibility index (Phi) is 7.57. The summed E-state index contributed by atoms with van der Waals surface area (Å²) in [7, 11) is 0. The Hall–Kier alpha value is -1.95. The molecule has 1 fully saturated rings. The highest BCUT2D eigenvalue weighted by atomic mass is 35.5. The van der Waals surface area contributed by atoms with Gasteiger partial charge in [0.2, 0.25) is 5.91 Å². The Balaban J connectivity index is 0.00000243. The first-order valence-corrected chi connectivity index (χ1v) is 8.65. The summed E-state index contributed by atoms with van der Waals surface area (Å²) in [6.07, 6.45) is 0. The number of carbonyl (C=O) groups is 1. The lowest BCUT2D eigenvalue weighted by Crippen LogP contribution is -2.36. The first kappa shape index (κ1) is 20.4. The maximum atomic E-state index is 13.6. The van der Waals surface area contributed by atoms with Crippen LogP contribution in [0.5, 0.6) is 0 Å². The fourth-order valence-corrected chi connectivity index (χ4v) is 3.50. The minimum atomic E-state index is -0.295. The van der Waals surface area contributed by atoms with Gasteiger partial charge in [-0.25, -0.2) is 4.39 Å². The summed E-state index contributed by atoms with van der Waals surface area (Å²) in [6.45, 7) is 2.76. The van der Waals surface area contributed by atoms with Crippen molar-refractivity contribution < 1.29 is 9.18 Å². The van der Waals surface area contributed by atoms with Crippen LogP contribution >= 0.6 is 12.4 Å². The molecule has 0 saturated carbocycles. The van der Waals surface area contributed by atoms with Crippen molar-refractivity contribution in [3.8, 4) is 0 Å². The van der Waals surface area contributed by atoms with Gasteiger partial charge in [-0.1, -0.05) is 48.5 Å². The molecule has 0 bridgehead atoms. The fraction of sp³-hybridized carbons (Fsp3) is 0.350. The zero-order chi connectivity index (χ0) is 17.6. The molecule has 0 spiro atoms. The molecule has 3 N–H and O–H groups in total. The molecule has 1 heterocycles. The number of nitrogens with zero attached hydrogens (tertiary/aromatic N) is 1. The second-order valence-corrected chi connectivity index (χ2v) is 6.58. The molecule has 1 amide bonds. The van der Waals surface area contributed by atoms with E-state index < -0.39 is 0 Å². The van der Waals surface area contributed by atoms with Gasteiger partial charge in [-0.05, 0) is 24.1 Å². The molecule has 2 aromatic carbocycles. The van der Waals surface area contributed by atoms with E-state index in [-0.39, 0.29) is 30.7 Å². The van der Waals surface area contributed by atoms with Gasteiger partial charge in [0.05, 0.1) is 6.54 Å². The van der Waals surface area contributed by atoms with Crippen molar-refractivity contribution in [2.75, 3.05) is 26.2 Å². The maximum absolute atomic E-state index is 13.6. The highest BCUT2D eigenvalue weighted by Crippen LogP contribution is 2.31. The minimum absolute atomic E-state index is 0. The van der Waals surface area contributed by atoms with Crippen molar-refractivity contribution in [1.82, 2.24) is 10.2 Å². The highest BCUT2D eigenvalue weighted by molar-refractivity contribution is 5.85. The van der Waals surface area contributed by atoms with Gasteiger partial charge in [0.25, 0.3) is 0 Å². The highest BCUT2D eigenvalue weighted by Gasteiger charge is 2.33.